The van der Waals surface area contributed by atoms with Crippen molar-refractivity contribution in [2.75, 3.05) is 20.3 Å². The lowest BCUT2D eigenvalue weighted by molar-refractivity contribution is -0.128. The Morgan fingerprint density at radius 3 is 2.86 bits per heavy atom. The van der Waals surface area contributed by atoms with Crippen molar-refractivity contribution >= 4 is 22.9 Å². The summed E-state index contributed by atoms with van der Waals surface area (Å²) in [6.45, 7) is -1.91. The Hall–Kier alpha value is -3.79. The number of aromatic amines is 1. The summed E-state index contributed by atoms with van der Waals surface area (Å²) in [6.07, 6.45) is 4.57. The van der Waals surface area contributed by atoms with E-state index >= 15 is 0 Å². The van der Waals surface area contributed by atoms with Crippen molar-refractivity contribution in [1.82, 2.24) is 14.9 Å². The van der Waals surface area contributed by atoms with Gasteiger partial charge >= 0.3 is 6.61 Å². The third-order valence-electron chi connectivity index (χ3n) is 5.58. The molecule has 0 spiro atoms. The van der Waals surface area contributed by atoms with Crippen molar-refractivity contribution in [1.29, 1.82) is 0 Å². The van der Waals surface area contributed by atoms with Crippen LogP contribution in [0.4, 0.5) is 8.78 Å². The lowest BCUT2D eigenvalue weighted by atomic mass is 10.1. The highest BCUT2D eigenvalue weighted by Gasteiger charge is 2.22. The molecule has 1 aliphatic heterocycles. The van der Waals surface area contributed by atoms with Crippen LogP contribution in [-0.4, -0.2) is 53.8 Å². The molecule has 1 fully saturated rings. The molecule has 3 aromatic rings. The molecule has 4 rings (SSSR count). The van der Waals surface area contributed by atoms with Crippen LogP contribution in [0.1, 0.15) is 24.2 Å². The van der Waals surface area contributed by atoms with E-state index in [1.165, 1.54) is 31.4 Å². The fourth-order valence-corrected chi connectivity index (χ4v) is 3.91. The van der Waals surface area contributed by atoms with E-state index in [1.807, 2.05) is 0 Å². The number of hydrogen-bond acceptors (Lipinski definition) is 6. The number of aromatic nitrogens is 2. The van der Waals surface area contributed by atoms with E-state index < -0.39 is 6.61 Å². The number of ether oxygens (including phenoxy) is 3. The Morgan fingerprint density at radius 2 is 2.11 bits per heavy atom. The predicted molar refractivity (Wildman–Crippen MR) is 125 cm³/mol. The molecule has 1 amide bonds. The van der Waals surface area contributed by atoms with Crippen molar-refractivity contribution in [3.63, 3.8) is 0 Å². The number of carbonyl (C=O) groups excluding carboxylic acids is 1. The average molecular weight is 485 g/mol. The quantitative estimate of drug-likeness (QED) is 0.464. The fraction of sp³-hybridized carbons (Fsp3) is 0.320. The number of para-hydroxylation sites is 1. The van der Waals surface area contributed by atoms with Gasteiger partial charge in [-0.1, -0.05) is 18.2 Å². The van der Waals surface area contributed by atoms with Gasteiger partial charge in [0.1, 0.15) is 5.82 Å². The van der Waals surface area contributed by atoms with E-state index in [9.17, 15) is 18.4 Å². The number of nitrogens with zero attached hydrogens (tertiary/aromatic N) is 2. The highest BCUT2D eigenvalue weighted by atomic mass is 19.3. The van der Waals surface area contributed by atoms with Crippen molar-refractivity contribution in [3.05, 3.63) is 70.3 Å². The van der Waals surface area contributed by atoms with E-state index in [4.69, 9.17) is 9.47 Å². The van der Waals surface area contributed by atoms with Crippen molar-refractivity contribution < 1.29 is 27.8 Å². The van der Waals surface area contributed by atoms with Gasteiger partial charge in [0, 0.05) is 19.2 Å². The summed E-state index contributed by atoms with van der Waals surface area (Å²) in [5.74, 6) is 0.0677. The summed E-state index contributed by atoms with van der Waals surface area (Å²) in [5, 5.41) is 0.473. The molecule has 1 aromatic heterocycles. The standard InChI is InChI=1S/C25H25F2N3O5/c1-33-21-13-16(8-10-20(21)35-25(26)27)9-11-23(31)30(14-17-5-4-12-34-17)15-22-28-19-7-3-2-6-18(19)24(32)29-22/h2-3,6-11,13,17,25H,4-5,12,14-15H2,1H3,(H,28,29,32)/b11-9+. The number of alkyl halides is 2. The summed E-state index contributed by atoms with van der Waals surface area (Å²) in [4.78, 5) is 34.4. The second kappa shape index (κ2) is 11.1. The SMILES string of the molecule is COc1cc(/C=C/C(=O)N(Cc2nc3ccccc3c(=O)[nH]2)CC2CCCO2)ccc1OC(F)F. The lowest BCUT2D eigenvalue weighted by Crippen LogP contribution is -2.36. The first-order valence-corrected chi connectivity index (χ1v) is 11.1. The number of hydrogen-bond donors (Lipinski definition) is 1. The van der Waals surface area contributed by atoms with Crippen LogP contribution in [0.3, 0.4) is 0 Å². The van der Waals surface area contributed by atoms with Gasteiger partial charge in [-0.15, -0.1) is 0 Å². The van der Waals surface area contributed by atoms with Gasteiger partial charge in [0.05, 0.1) is 30.7 Å². The van der Waals surface area contributed by atoms with E-state index in [-0.39, 0.29) is 35.6 Å². The van der Waals surface area contributed by atoms with Gasteiger partial charge in [0.25, 0.3) is 5.56 Å². The van der Waals surface area contributed by atoms with E-state index in [1.54, 1.807) is 35.2 Å². The molecule has 2 aromatic carbocycles. The van der Waals surface area contributed by atoms with Crippen LogP contribution in [0.25, 0.3) is 17.0 Å². The molecule has 35 heavy (non-hydrogen) atoms. The Bertz CT molecular complexity index is 1270. The Kier molecular flexibility index (Phi) is 7.71. The summed E-state index contributed by atoms with van der Waals surface area (Å²) in [6, 6.07) is 11.4. The van der Waals surface area contributed by atoms with Gasteiger partial charge in [-0.25, -0.2) is 4.98 Å². The number of H-pyrrole nitrogens is 1. The van der Waals surface area contributed by atoms with E-state index in [0.29, 0.717) is 35.4 Å². The van der Waals surface area contributed by atoms with E-state index in [2.05, 4.69) is 14.7 Å². The number of nitrogens with one attached hydrogen (secondary N) is 1. The molecule has 1 atom stereocenters. The third kappa shape index (κ3) is 6.21. The number of methoxy groups -OCH3 is 1. The monoisotopic (exact) mass is 485 g/mol. The van der Waals surface area contributed by atoms with Crippen molar-refractivity contribution in [3.8, 4) is 11.5 Å². The maximum atomic E-state index is 13.1. The fourth-order valence-electron chi connectivity index (χ4n) is 3.91. The summed E-state index contributed by atoms with van der Waals surface area (Å²) < 4.78 is 40.4. The molecule has 1 saturated heterocycles. The zero-order valence-electron chi connectivity index (χ0n) is 19.1. The molecule has 1 aliphatic rings. The zero-order valence-corrected chi connectivity index (χ0v) is 19.1. The topological polar surface area (TPSA) is 93.8 Å². The molecular formula is C25H25F2N3O5. The molecule has 2 heterocycles. The van der Waals surface area contributed by atoms with Gasteiger partial charge in [0.15, 0.2) is 11.5 Å². The van der Waals surface area contributed by atoms with Gasteiger partial charge in [-0.3, -0.25) is 9.59 Å². The lowest BCUT2D eigenvalue weighted by Gasteiger charge is -2.24. The molecule has 184 valence electrons. The smallest absolute Gasteiger partial charge is 0.387 e. The second-order valence-electron chi connectivity index (χ2n) is 8.01. The van der Waals surface area contributed by atoms with Crippen molar-refractivity contribution in [2.45, 2.75) is 32.1 Å². The third-order valence-corrected chi connectivity index (χ3v) is 5.58. The van der Waals surface area contributed by atoms with Gasteiger partial charge in [-0.05, 0) is 48.7 Å². The Balaban J connectivity index is 1.55. The highest BCUT2D eigenvalue weighted by Crippen LogP contribution is 2.30. The number of amides is 1. The van der Waals surface area contributed by atoms with E-state index in [0.717, 1.165) is 12.8 Å². The van der Waals surface area contributed by atoms with Gasteiger partial charge in [0.2, 0.25) is 5.91 Å². The van der Waals surface area contributed by atoms with Gasteiger partial charge < -0.3 is 24.1 Å². The van der Waals surface area contributed by atoms with Crippen LogP contribution in [0, 0.1) is 0 Å². The predicted octanol–water partition coefficient (Wildman–Crippen LogP) is 3.75. The molecule has 0 radical (unpaired) electrons. The van der Waals surface area contributed by atoms with Crippen LogP contribution in [0.5, 0.6) is 11.5 Å². The largest absolute Gasteiger partial charge is 0.493 e. The first-order chi connectivity index (χ1) is 16.9. The number of benzene rings is 2. The molecule has 1 N–H and O–H groups in total. The minimum atomic E-state index is -2.98. The maximum Gasteiger partial charge on any atom is 0.387 e. The normalized spacial score (nSPS) is 15.7. The molecule has 1 unspecified atom stereocenters. The number of rotatable bonds is 9. The highest BCUT2D eigenvalue weighted by molar-refractivity contribution is 5.92. The molecule has 8 nitrogen and oxygen atoms in total. The summed E-state index contributed by atoms with van der Waals surface area (Å²) in [5.41, 5.74) is 0.833. The first kappa shape index (κ1) is 24.3. The molecule has 0 aliphatic carbocycles. The number of carbonyl (C=O) groups is 1. The maximum absolute atomic E-state index is 13.1. The average Bonchev–Trinajstić information content (AvgIpc) is 3.35. The molecule has 0 bridgehead atoms. The van der Waals surface area contributed by atoms with Crippen LogP contribution in [0.2, 0.25) is 0 Å². The van der Waals surface area contributed by atoms with Crippen LogP contribution in [-0.2, 0) is 16.1 Å². The second-order valence-corrected chi connectivity index (χ2v) is 8.01. The zero-order chi connectivity index (χ0) is 24.8. The molecular weight excluding hydrogens is 460 g/mol. The summed E-state index contributed by atoms with van der Waals surface area (Å²) in [7, 11) is 1.34. The van der Waals surface area contributed by atoms with Gasteiger partial charge in [-0.2, -0.15) is 8.78 Å². The van der Waals surface area contributed by atoms with Crippen LogP contribution in [0.15, 0.2) is 53.3 Å². The Labute approximate surface area is 200 Å². The van der Waals surface area contributed by atoms with Crippen LogP contribution < -0.4 is 15.0 Å². The first-order valence-electron chi connectivity index (χ1n) is 11.1. The Morgan fingerprint density at radius 1 is 1.29 bits per heavy atom. The molecule has 10 heteroatoms. The number of fused-ring (bicyclic) bond motifs is 1. The van der Waals surface area contributed by atoms with Crippen LogP contribution >= 0.6 is 0 Å². The minimum absolute atomic E-state index is 0.0909. The summed E-state index contributed by atoms with van der Waals surface area (Å²) >= 11 is 0. The molecule has 0 saturated carbocycles. The minimum Gasteiger partial charge on any atom is -0.493 e. The number of halogens is 2. The van der Waals surface area contributed by atoms with Crippen molar-refractivity contribution in [2.24, 2.45) is 0 Å².